The number of aromatic hydroxyl groups is 1. The van der Waals surface area contributed by atoms with Crippen LogP contribution in [0.3, 0.4) is 0 Å². The second-order valence-electron chi connectivity index (χ2n) is 6.92. The lowest BCUT2D eigenvalue weighted by Gasteiger charge is -2.36. The number of piperidine rings is 1. The Kier molecular flexibility index (Phi) is 5.96. The summed E-state index contributed by atoms with van der Waals surface area (Å²) in [5, 5.41) is 19.7. The minimum atomic E-state index is -3.39. The monoisotopic (exact) mass is 375 g/mol. The largest absolute Gasteiger partial charge is 0.508 e. The van der Waals surface area contributed by atoms with Crippen molar-refractivity contribution in [1.29, 1.82) is 0 Å². The Balaban J connectivity index is 1.52. The van der Waals surface area contributed by atoms with Crippen LogP contribution in [0.1, 0.15) is 12.0 Å². The normalized spacial score (nSPS) is 21.6. The fraction of sp³-hybridized carbons (Fsp3) is 0.400. The maximum atomic E-state index is 12.4. The van der Waals surface area contributed by atoms with Gasteiger partial charge in [-0.2, -0.15) is 0 Å². The number of aliphatic hydroxyl groups excluding tert-OH is 1. The number of hydrogen-bond acceptors (Lipinski definition) is 5. The van der Waals surface area contributed by atoms with Gasteiger partial charge in [-0.05, 0) is 55.1 Å². The van der Waals surface area contributed by atoms with E-state index in [9.17, 15) is 18.6 Å². The number of phenols is 1. The number of hydrogen-bond donors (Lipinski definition) is 2. The van der Waals surface area contributed by atoms with E-state index < -0.39 is 15.9 Å². The first-order valence-electron chi connectivity index (χ1n) is 8.90. The summed E-state index contributed by atoms with van der Waals surface area (Å²) in [5.74, 6) is 0.267. The van der Waals surface area contributed by atoms with Gasteiger partial charge in [-0.25, -0.2) is 8.42 Å². The highest BCUT2D eigenvalue weighted by Gasteiger charge is 2.28. The lowest BCUT2D eigenvalue weighted by atomic mass is 9.88. The zero-order valence-electron chi connectivity index (χ0n) is 14.7. The average molecular weight is 375 g/mol. The van der Waals surface area contributed by atoms with E-state index in [0.717, 1.165) is 19.4 Å². The van der Waals surface area contributed by atoms with Gasteiger partial charge in [-0.1, -0.05) is 30.3 Å². The molecule has 1 heterocycles. The molecule has 6 heteroatoms. The second-order valence-corrected chi connectivity index (χ2v) is 9.03. The Morgan fingerprint density at radius 3 is 2.38 bits per heavy atom. The minimum absolute atomic E-state index is 0.00778. The number of β-amino-alcohol motifs (C(OH)–C–C–N with tert-alkyl or cyclic N) is 1. The molecule has 0 radical (unpaired) electrons. The van der Waals surface area contributed by atoms with Crippen molar-refractivity contribution < 1.29 is 18.6 Å². The first kappa shape index (κ1) is 18.9. The van der Waals surface area contributed by atoms with Crippen LogP contribution < -0.4 is 0 Å². The summed E-state index contributed by atoms with van der Waals surface area (Å²) in [5.41, 5.74) is 1.22. The van der Waals surface area contributed by atoms with Crippen molar-refractivity contribution in [3.05, 3.63) is 60.2 Å². The lowest BCUT2D eigenvalue weighted by molar-refractivity contribution is 0.0245. The highest BCUT2D eigenvalue weighted by Crippen LogP contribution is 2.23. The number of nitrogens with zero attached hydrogens (tertiary/aromatic N) is 1. The van der Waals surface area contributed by atoms with Crippen LogP contribution in [0.15, 0.2) is 59.5 Å². The van der Waals surface area contributed by atoms with Crippen LogP contribution in [0.2, 0.25) is 0 Å². The molecule has 0 bridgehead atoms. The summed E-state index contributed by atoms with van der Waals surface area (Å²) in [6, 6.07) is 15.7. The van der Waals surface area contributed by atoms with Crippen molar-refractivity contribution in [2.45, 2.75) is 23.8 Å². The Labute approximate surface area is 154 Å². The molecule has 0 spiro atoms. The molecule has 2 aromatic rings. The molecule has 0 saturated carbocycles. The molecule has 2 N–H and O–H groups in total. The van der Waals surface area contributed by atoms with Crippen molar-refractivity contribution in [2.75, 3.05) is 25.4 Å². The Morgan fingerprint density at radius 1 is 1.04 bits per heavy atom. The molecular weight excluding hydrogens is 350 g/mol. The first-order valence-corrected chi connectivity index (χ1v) is 10.6. The maximum absolute atomic E-state index is 12.4. The Hall–Kier alpha value is -1.89. The van der Waals surface area contributed by atoms with Gasteiger partial charge in [-0.15, -0.1) is 0 Å². The second kappa shape index (κ2) is 8.20. The van der Waals surface area contributed by atoms with Gasteiger partial charge in [0.2, 0.25) is 0 Å². The molecule has 0 aliphatic carbocycles. The summed E-state index contributed by atoms with van der Waals surface area (Å²) in [7, 11) is -3.39. The zero-order chi connectivity index (χ0) is 18.6. The molecule has 1 saturated heterocycles. The van der Waals surface area contributed by atoms with Gasteiger partial charge >= 0.3 is 0 Å². The van der Waals surface area contributed by atoms with Crippen LogP contribution in [-0.4, -0.2) is 55.0 Å². The van der Waals surface area contributed by atoms with Crippen molar-refractivity contribution in [2.24, 2.45) is 5.92 Å². The van der Waals surface area contributed by atoms with Gasteiger partial charge in [0, 0.05) is 13.1 Å². The summed E-state index contributed by atoms with van der Waals surface area (Å²) < 4.78 is 24.8. The van der Waals surface area contributed by atoms with Gasteiger partial charge in [0.05, 0.1) is 16.8 Å². The molecule has 2 atom stereocenters. The maximum Gasteiger partial charge on any atom is 0.179 e. The molecule has 5 nitrogen and oxygen atoms in total. The van der Waals surface area contributed by atoms with E-state index in [4.69, 9.17) is 0 Å². The van der Waals surface area contributed by atoms with Gasteiger partial charge in [0.1, 0.15) is 5.75 Å². The van der Waals surface area contributed by atoms with Gasteiger partial charge in [0.25, 0.3) is 0 Å². The molecule has 0 unspecified atom stereocenters. The van der Waals surface area contributed by atoms with E-state index >= 15 is 0 Å². The number of aliphatic hydroxyl groups is 1. The minimum Gasteiger partial charge on any atom is -0.508 e. The first-order chi connectivity index (χ1) is 12.4. The molecule has 26 heavy (non-hydrogen) atoms. The van der Waals surface area contributed by atoms with Crippen molar-refractivity contribution in [1.82, 2.24) is 4.90 Å². The molecule has 140 valence electrons. The average Bonchev–Trinajstić information content (AvgIpc) is 2.63. The van der Waals surface area contributed by atoms with Crippen LogP contribution in [0.4, 0.5) is 0 Å². The fourth-order valence-corrected chi connectivity index (χ4v) is 4.71. The van der Waals surface area contributed by atoms with E-state index in [1.807, 2.05) is 23.1 Å². The third kappa shape index (κ3) is 4.84. The fourth-order valence-electron chi connectivity index (χ4n) is 3.42. The van der Waals surface area contributed by atoms with Crippen LogP contribution in [-0.2, 0) is 16.3 Å². The molecule has 0 amide bonds. The van der Waals surface area contributed by atoms with Crippen LogP contribution >= 0.6 is 0 Å². The smallest absolute Gasteiger partial charge is 0.179 e. The van der Waals surface area contributed by atoms with Crippen molar-refractivity contribution in [3.63, 3.8) is 0 Å². The Bertz CT molecular complexity index is 805. The third-order valence-corrected chi connectivity index (χ3v) is 6.73. The van der Waals surface area contributed by atoms with E-state index in [1.54, 1.807) is 0 Å². The molecule has 1 aliphatic rings. The van der Waals surface area contributed by atoms with E-state index in [-0.39, 0.29) is 22.3 Å². The van der Waals surface area contributed by atoms with Gasteiger partial charge in [0.15, 0.2) is 9.84 Å². The van der Waals surface area contributed by atoms with Gasteiger partial charge in [-0.3, -0.25) is 4.90 Å². The molecule has 3 rings (SSSR count). The van der Waals surface area contributed by atoms with Crippen LogP contribution in [0, 0.1) is 5.92 Å². The van der Waals surface area contributed by atoms with E-state index in [1.165, 1.54) is 29.8 Å². The summed E-state index contributed by atoms with van der Waals surface area (Å²) >= 11 is 0. The molecule has 2 aromatic carbocycles. The van der Waals surface area contributed by atoms with Crippen LogP contribution in [0.25, 0.3) is 0 Å². The summed E-state index contributed by atoms with van der Waals surface area (Å²) in [6.45, 7) is 1.70. The zero-order valence-corrected chi connectivity index (χ0v) is 15.5. The standard InChI is InChI=1S/C20H25NO4S/c22-18-6-8-19(9-7-18)26(24,25)13-12-21-11-10-17(20(23)15-21)14-16-4-2-1-3-5-16/h1-9,17,20,22-23H,10-15H2/t17-,20-/m0/s1. The third-order valence-electron chi connectivity index (χ3n) is 5.02. The van der Waals surface area contributed by atoms with E-state index in [0.29, 0.717) is 13.1 Å². The molecule has 0 aromatic heterocycles. The molecule has 1 fully saturated rings. The SMILES string of the molecule is O=S(=O)(CCN1CC[C@@H](Cc2ccccc2)[C@@H](O)C1)c1ccc(O)cc1. The van der Waals surface area contributed by atoms with E-state index in [2.05, 4.69) is 12.1 Å². The highest BCUT2D eigenvalue weighted by atomic mass is 32.2. The summed E-state index contributed by atoms with van der Waals surface area (Å²) in [6.07, 6.45) is 1.26. The Morgan fingerprint density at radius 2 is 1.73 bits per heavy atom. The van der Waals surface area contributed by atoms with Crippen LogP contribution in [0.5, 0.6) is 5.75 Å². The topological polar surface area (TPSA) is 77.8 Å². The predicted octanol–water partition coefficient (Wildman–Crippen LogP) is 2.09. The number of phenolic OH excluding ortho intramolecular Hbond substituents is 1. The van der Waals surface area contributed by atoms with Crippen molar-refractivity contribution >= 4 is 9.84 Å². The number of sulfone groups is 1. The quantitative estimate of drug-likeness (QED) is 0.808. The lowest BCUT2D eigenvalue weighted by Crippen LogP contribution is -2.46. The molecule has 1 aliphatic heterocycles. The number of benzene rings is 2. The predicted molar refractivity (Wildman–Crippen MR) is 101 cm³/mol. The van der Waals surface area contributed by atoms with Gasteiger partial charge < -0.3 is 10.2 Å². The summed E-state index contributed by atoms with van der Waals surface area (Å²) in [4.78, 5) is 2.24. The number of rotatable bonds is 6. The van der Waals surface area contributed by atoms with Crippen molar-refractivity contribution in [3.8, 4) is 5.75 Å². The highest BCUT2D eigenvalue weighted by molar-refractivity contribution is 7.91. The number of likely N-dealkylation sites (tertiary alicyclic amines) is 1. The molecular formula is C20H25NO4S.